The zero-order valence-electron chi connectivity index (χ0n) is 12.4. The van der Waals surface area contributed by atoms with Crippen LogP contribution in [0.25, 0.3) is 10.9 Å². The molecule has 3 heteroatoms. The summed E-state index contributed by atoms with van der Waals surface area (Å²) in [6.07, 6.45) is 1.45. The number of nitrogens with one attached hydrogen (secondary N) is 1. The largest absolute Gasteiger partial charge is 0.381 e. The number of pyridine rings is 1. The summed E-state index contributed by atoms with van der Waals surface area (Å²) in [7, 11) is 1.80. The second-order valence-corrected chi connectivity index (χ2v) is 6.21. The van der Waals surface area contributed by atoms with Gasteiger partial charge in [0.15, 0.2) is 0 Å². The Balaban J connectivity index is 1.66. The Morgan fingerprint density at radius 3 is 2.80 bits per heavy atom. The summed E-state index contributed by atoms with van der Waals surface area (Å²) in [5.74, 6) is 0. The van der Waals surface area contributed by atoms with Crippen molar-refractivity contribution in [2.24, 2.45) is 5.41 Å². The molecule has 1 aromatic heterocycles. The second kappa shape index (κ2) is 5.15. The van der Waals surface area contributed by atoms with E-state index in [4.69, 9.17) is 9.72 Å². The Hall–Kier alpha value is -1.45. The quantitative estimate of drug-likeness (QED) is 0.926. The van der Waals surface area contributed by atoms with Crippen LogP contribution in [-0.4, -0.2) is 24.2 Å². The Kier molecular flexibility index (Phi) is 3.48. The van der Waals surface area contributed by atoms with Gasteiger partial charge in [-0.25, -0.2) is 0 Å². The maximum Gasteiger partial charge on any atom is 0.0705 e. The predicted molar refractivity (Wildman–Crippen MR) is 81.6 cm³/mol. The summed E-state index contributed by atoms with van der Waals surface area (Å²) < 4.78 is 5.49. The first-order valence-electron chi connectivity index (χ1n) is 7.22. The highest BCUT2D eigenvalue weighted by Crippen LogP contribution is 2.42. The van der Waals surface area contributed by atoms with Crippen LogP contribution in [0.1, 0.15) is 26.0 Å². The van der Waals surface area contributed by atoms with Crippen LogP contribution in [0.5, 0.6) is 0 Å². The molecule has 1 N–H and O–H groups in total. The van der Waals surface area contributed by atoms with Crippen molar-refractivity contribution >= 4 is 10.9 Å². The van der Waals surface area contributed by atoms with Crippen LogP contribution in [0, 0.1) is 5.41 Å². The van der Waals surface area contributed by atoms with Gasteiger partial charge in [-0.15, -0.1) is 0 Å². The van der Waals surface area contributed by atoms with Crippen molar-refractivity contribution in [1.82, 2.24) is 10.3 Å². The molecule has 3 nitrogen and oxygen atoms in total. The summed E-state index contributed by atoms with van der Waals surface area (Å²) in [6, 6.07) is 13.0. The van der Waals surface area contributed by atoms with Gasteiger partial charge in [-0.05, 0) is 18.6 Å². The predicted octanol–water partition coefficient (Wildman–Crippen LogP) is 3.14. The zero-order chi connectivity index (χ0) is 14.2. The number of nitrogens with zero attached hydrogens (tertiary/aromatic N) is 1. The van der Waals surface area contributed by atoms with Gasteiger partial charge in [0.2, 0.25) is 0 Å². The summed E-state index contributed by atoms with van der Waals surface area (Å²) in [6.45, 7) is 5.33. The fraction of sp³-hybridized carbons (Fsp3) is 0.471. The first-order chi connectivity index (χ1) is 9.61. The molecule has 3 rings (SSSR count). The van der Waals surface area contributed by atoms with Crippen molar-refractivity contribution < 1.29 is 4.74 Å². The normalized spacial score (nSPS) is 24.6. The topological polar surface area (TPSA) is 34.1 Å². The Morgan fingerprint density at radius 2 is 2.05 bits per heavy atom. The summed E-state index contributed by atoms with van der Waals surface area (Å²) in [5, 5.41) is 4.81. The maximum absolute atomic E-state index is 5.49. The molecule has 1 aliphatic carbocycles. The molecule has 1 aliphatic rings. The number of rotatable bonds is 4. The molecule has 0 saturated heterocycles. The number of methoxy groups -OCH3 is 1. The van der Waals surface area contributed by atoms with Crippen molar-refractivity contribution in [2.75, 3.05) is 7.11 Å². The van der Waals surface area contributed by atoms with Crippen molar-refractivity contribution in [2.45, 2.75) is 39.0 Å². The van der Waals surface area contributed by atoms with E-state index in [-0.39, 0.29) is 5.41 Å². The fourth-order valence-corrected chi connectivity index (χ4v) is 3.07. The molecule has 2 aromatic rings. The molecule has 0 amide bonds. The minimum atomic E-state index is 0.200. The standard InChI is InChI=1S/C17H22N2O/c1-17(2)15(10-16(17)20-3)18-11-13-9-8-12-6-4-5-7-14(12)19-13/h4-9,15-16,18H,10-11H2,1-3H3. The van der Waals surface area contributed by atoms with Gasteiger partial charge in [0.25, 0.3) is 0 Å². The van der Waals surface area contributed by atoms with Gasteiger partial charge >= 0.3 is 0 Å². The number of fused-ring (bicyclic) bond motifs is 1. The van der Waals surface area contributed by atoms with Gasteiger partial charge in [-0.2, -0.15) is 0 Å². The molecule has 1 saturated carbocycles. The highest BCUT2D eigenvalue weighted by atomic mass is 16.5. The van der Waals surface area contributed by atoms with Gasteiger partial charge in [-0.3, -0.25) is 4.98 Å². The Labute approximate surface area is 120 Å². The van der Waals surface area contributed by atoms with Gasteiger partial charge in [0.1, 0.15) is 0 Å². The Bertz CT molecular complexity index is 609. The van der Waals surface area contributed by atoms with E-state index >= 15 is 0 Å². The average Bonchev–Trinajstić information content (AvgIpc) is 2.46. The van der Waals surface area contributed by atoms with Crippen molar-refractivity contribution in [3.05, 3.63) is 42.1 Å². The summed E-state index contributed by atoms with van der Waals surface area (Å²) in [5.41, 5.74) is 2.36. The molecule has 2 unspecified atom stereocenters. The highest BCUT2D eigenvalue weighted by molar-refractivity contribution is 5.78. The van der Waals surface area contributed by atoms with E-state index in [9.17, 15) is 0 Å². The molecule has 0 spiro atoms. The van der Waals surface area contributed by atoms with Crippen LogP contribution in [0.2, 0.25) is 0 Å². The van der Waals surface area contributed by atoms with Crippen molar-refractivity contribution in [3.8, 4) is 0 Å². The van der Waals surface area contributed by atoms with Gasteiger partial charge < -0.3 is 10.1 Å². The van der Waals surface area contributed by atoms with E-state index in [1.807, 2.05) is 12.1 Å². The molecule has 1 heterocycles. The van der Waals surface area contributed by atoms with E-state index in [1.54, 1.807) is 7.11 Å². The lowest BCUT2D eigenvalue weighted by atomic mass is 9.64. The number of hydrogen-bond donors (Lipinski definition) is 1. The zero-order valence-corrected chi connectivity index (χ0v) is 12.4. The smallest absolute Gasteiger partial charge is 0.0705 e. The summed E-state index contributed by atoms with van der Waals surface area (Å²) >= 11 is 0. The first-order valence-corrected chi connectivity index (χ1v) is 7.22. The lowest BCUT2D eigenvalue weighted by Crippen LogP contribution is -2.60. The van der Waals surface area contributed by atoms with E-state index in [0.717, 1.165) is 24.2 Å². The number of benzene rings is 1. The molecular weight excluding hydrogens is 248 g/mol. The molecule has 0 radical (unpaired) electrons. The second-order valence-electron chi connectivity index (χ2n) is 6.21. The minimum Gasteiger partial charge on any atom is -0.381 e. The third kappa shape index (κ3) is 2.32. The lowest BCUT2D eigenvalue weighted by molar-refractivity contribution is -0.0979. The molecule has 2 atom stereocenters. The van der Waals surface area contributed by atoms with Crippen molar-refractivity contribution in [1.29, 1.82) is 0 Å². The van der Waals surface area contributed by atoms with E-state index in [1.165, 1.54) is 5.39 Å². The van der Waals surface area contributed by atoms with Crippen molar-refractivity contribution in [3.63, 3.8) is 0 Å². The number of ether oxygens (including phenoxy) is 1. The number of aromatic nitrogens is 1. The van der Waals surface area contributed by atoms with Gasteiger partial charge in [-0.1, -0.05) is 38.1 Å². The molecule has 1 aromatic carbocycles. The van der Waals surface area contributed by atoms with E-state index in [0.29, 0.717) is 12.1 Å². The third-order valence-corrected chi connectivity index (χ3v) is 4.65. The maximum atomic E-state index is 5.49. The molecule has 20 heavy (non-hydrogen) atoms. The first kappa shape index (κ1) is 13.5. The fourth-order valence-electron chi connectivity index (χ4n) is 3.07. The van der Waals surface area contributed by atoms with E-state index in [2.05, 4.69) is 43.4 Å². The Morgan fingerprint density at radius 1 is 1.25 bits per heavy atom. The molecular formula is C17H22N2O. The van der Waals surface area contributed by atoms with Crippen LogP contribution < -0.4 is 5.32 Å². The highest BCUT2D eigenvalue weighted by Gasteiger charge is 2.48. The molecule has 106 valence electrons. The number of para-hydroxylation sites is 1. The molecule has 0 aliphatic heterocycles. The monoisotopic (exact) mass is 270 g/mol. The minimum absolute atomic E-state index is 0.200. The van der Waals surface area contributed by atoms with Gasteiger partial charge in [0, 0.05) is 30.5 Å². The molecule has 0 bridgehead atoms. The third-order valence-electron chi connectivity index (χ3n) is 4.65. The number of hydrogen-bond acceptors (Lipinski definition) is 3. The lowest BCUT2D eigenvalue weighted by Gasteiger charge is -2.51. The van der Waals surface area contributed by atoms with Crippen LogP contribution in [0.3, 0.4) is 0 Å². The summed E-state index contributed by atoms with van der Waals surface area (Å²) in [4.78, 5) is 4.70. The SMILES string of the molecule is COC1CC(NCc2ccc3ccccc3n2)C1(C)C. The average molecular weight is 270 g/mol. The molecule has 1 fully saturated rings. The van der Waals surface area contributed by atoms with Crippen LogP contribution in [-0.2, 0) is 11.3 Å². The van der Waals surface area contributed by atoms with E-state index < -0.39 is 0 Å². The van der Waals surface area contributed by atoms with Crippen LogP contribution in [0.15, 0.2) is 36.4 Å². The van der Waals surface area contributed by atoms with Crippen LogP contribution >= 0.6 is 0 Å². The van der Waals surface area contributed by atoms with Gasteiger partial charge in [0.05, 0.1) is 17.3 Å². The van der Waals surface area contributed by atoms with Crippen LogP contribution in [0.4, 0.5) is 0 Å².